The molecule has 116 valence electrons. The minimum Gasteiger partial charge on any atom is -0.324 e. The molecule has 1 aromatic heterocycles. The number of carbonyl (C=O) groups is 1. The highest BCUT2D eigenvalue weighted by atomic mass is 35.5. The number of halogens is 2. The van der Waals surface area contributed by atoms with Crippen molar-refractivity contribution in [2.75, 3.05) is 5.32 Å². The third-order valence-electron chi connectivity index (χ3n) is 3.19. The minimum absolute atomic E-state index is 0.181. The molecule has 1 aliphatic rings. The van der Waals surface area contributed by atoms with Gasteiger partial charge >= 0.3 is 0 Å². The van der Waals surface area contributed by atoms with E-state index in [9.17, 15) is 4.79 Å². The number of amides is 1. The van der Waals surface area contributed by atoms with Crippen LogP contribution in [0.25, 0.3) is 0 Å². The van der Waals surface area contributed by atoms with Gasteiger partial charge in [-0.2, -0.15) is 0 Å². The number of nitrogens with zero attached hydrogens (tertiary/aromatic N) is 4. The molecule has 9 heteroatoms. The number of carbonyl (C=O) groups excluding carboxylic acids is 1. The topological polar surface area (TPSA) is 72.7 Å². The second kappa shape index (κ2) is 6.44. The first-order valence-corrected chi connectivity index (χ1v) is 8.38. The summed E-state index contributed by atoms with van der Waals surface area (Å²) in [7, 11) is 0. The molecule has 1 aromatic carbocycles. The van der Waals surface area contributed by atoms with Crippen LogP contribution in [0.3, 0.4) is 0 Å². The summed E-state index contributed by atoms with van der Waals surface area (Å²) < 4.78 is 1.78. The second-order valence-electron chi connectivity index (χ2n) is 5.01. The molecule has 0 aliphatic heterocycles. The summed E-state index contributed by atoms with van der Waals surface area (Å²) in [6, 6.07) is 5.30. The first-order valence-electron chi connectivity index (χ1n) is 6.75. The van der Waals surface area contributed by atoms with E-state index in [1.165, 1.54) is 11.8 Å². The normalized spacial score (nSPS) is 15.6. The first-order chi connectivity index (χ1) is 10.5. The lowest BCUT2D eigenvalue weighted by Gasteiger charge is -2.12. The van der Waals surface area contributed by atoms with Crippen molar-refractivity contribution in [2.24, 2.45) is 0 Å². The Morgan fingerprint density at radius 2 is 2.23 bits per heavy atom. The van der Waals surface area contributed by atoms with Crippen molar-refractivity contribution in [2.45, 2.75) is 36.2 Å². The molecule has 1 fully saturated rings. The largest absolute Gasteiger partial charge is 0.324 e. The Hall–Kier alpha value is -1.31. The molecule has 1 amide bonds. The lowest BCUT2D eigenvalue weighted by molar-refractivity contribution is -0.115. The molecule has 1 N–H and O–H groups in total. The van der Waals surface area contributed by atoms with E-state index in [1.807, 2.05) is 0 Å². The average Bonchev–Trinajstić information content (AvgIpc) is 3.23. The summed E-state index contributed by atoms with van der Waals surface area (Å²) in [5, 5.41) is 15.6. The van der Waals surface area contributed by atoms with E-state index in [1.54, 1.807) is 29.8 Å². The summed E-state index contributed by atoms with van der Waals surface area (Å²) in [6.45, 7) is 1.80. The summed E-state index contributed by atoms with van der Waals surface area (Å²) in [4.78, 5) is 12.3. The van der Waals surface area contributed by atoms with E-state index in [0.717, 1.165) is 12.8 Å². The highest BCUT2D eigenvalue weighted by Gasteiger charge is 2.29. The van der Waals surface area contributed by atoms with Gasteiger partial charge in [-0.25, -0.2) is 4.68 Å². The van der Waals surface area contributed by atoms with Crippen molar-refractivity contribution in [3.8, 4) is 0 Å². The number of hydrogen-bond donors (Lipinski definition) is 1. The molecule has 1 heterocycles. The predicted octanol–water partition coefficient (Wildman–Crippen LogP) is 3.43. The van der Waals surface area contributed by atoms with Crippen molar-refractivity contribution in [3.63, 3.8) is 0 Å². The Kier molecular flexibility index (Phi) is 4.56. The standard InChI is InChI=1S/C13H13Cl2N5OS/c1-7(22-13-17-18-19-20(13)9-3-4-9)12(21)16-11-6-8(14)2-5-10(11)15/h2,5-7,9H,3-4H2,1H3,(H,16,21). The van der Waals surface area contributed by atoms with Crippen LogP contribution < -0.4 is 5.32 Å². The maximum atomic E-state index is 12.3. The minimum atomic E-state index is -0.362. The molecular weight excluding hydrogens is 345 g/mol. The zero-order chi connectivity index (χ0) is 15.7. The van der Waals surface area contributed by atoms with Gasteiger partial charge in [-0.05, 0) is 48.4 Å². The summed E-state index contributed by atoms with van der Waals surface area (Å²) in [5.74, 6) is -0.181. The quantitative estimate of drug-likeness (QED) is 0.829. The molecule has 0 bridgehead atoms. The molecule has 1 atom stereocenters. The van der Waals surface area contributed by atoms with Gasteiger partial charge in [0.1, 0.15) is 0 Å². The SMILES string of the molecule is CC(Sc1nnnn1C1CC1)C(=O)Nc1cc(Cl)ccc1Cl. The highest BCUT2D eigenvalue weighted by Crippen LogP contribution is 2.37. The van der Waals surface area contributed by atoms with Gasteiger partial charge in [0, 0.05) is 5.02 Å². The van der Waals surface area contributed by atoms with Gasteiger partial charge in [-0.15, -0.1) is 5.10 Å². The van der Waals surface area contributed by atoms with Crippen LogP contribution in [0.1, 0.15) is 25.8 Å². The van der Waals surface area contributed by atoms with Gasteiger partial charge in [0.15, 0.2) is 0 Å². The highest BCUT2D eigenvalue weighted by molar-refractivity contribution is 8.00. The van der Waals surface area contributed by atoms with Crippen LogP contribution in [-0.4, -0.2) is 31.4 Å². The average molecular weight is 358 g/mol. The number of nitrogens with one attached hydrogen (secondary N) is 1. The van der Waals surface area contributed by atoms with Crippen LogP contribution in [0.5, 0.6) is 0 Å². The van der Waals surface area contributed by atoms with Gasteiger partial charge in [0.05, 0.1) is 22.0 Å². The van der Waals surface area contributed by atoms with Crippen molar-refractivity contribution >= 4 is 46.6 Å². The molecule has 0 radical (unpaired) electrons. The van der Waals surface area contributed by atoms with Gasteiger partial charge in [0.2, 0.25) is 11.1 Å². The zero-order valence-corrected chi connectivity index (χ0v) is 14.0. The van der Waals surface area contributed by atoms with Gasteiger partial charge in [0.25, 0.3) is 0 Å². The van der Waals surface area contributed by atoms with Crippen LogP contribution >= 0.6 is 35.0 Å². The second-order valence-corrected chi connectivity index (χ2v) is 7.16. The summed E-state index contributed by atoms with van der Waals surface area (Å²) in [5.41, 5.74) is 0.494. The summed E-state index contributed by atoms with van der Waals surface area (Å²) in [6.07, 6.45) is 2.16. The number of thioether (sulfide) groups is 1. The zero-order valence-electron chi connectivity index (χ0n) is 11.7. The van der Waals surface area contributed by atoms with Crippen LogP contribution in [0.4, 0.5) is 5.69 Å². The molecule has 1 saturated carbocycles. The predicted molar refractivity (Wildman–Crippen MR) is 86.5 cm³/mol. The van der Waals surface area contributed by atoms with Crippen LogP contribution in [0, 0.1) is 0 Å². The summed E-state index contributed by atoms with van der Waals surface area (Å²) >= 11 is 13.3. The molecule has 6 nitrogen and oxygen atoms in total. The van der Waals surface area contributed by atoms with E-state index in [2.05, 4.69) is 20.8 Å². The molecule has 1 aliphatic carbocycles. The fraction of sp³-hybridized carbons (Fsp3) is 0.385. The molecule has 0 saturated heterocycles. The van der Waals surface area contributed by atoms with E-state index in [0.29, 0.717) is 26.9 Å². The van der Waals surface area contributed by atoms with Gasteiger partial charge in [-0.3, -0.25) is 4.79 Å². The van der Waals surface area contributed by atoms with Crippen molar-refractivity contribution in [1.29, 1.82) is 0 Å². The number of aromatic nitrogens is 4. The fourth-order valence-electron chi connectivity index (χ4n) is 1.85. The third-order valence-corrected chi connectivity index (χ3v) is 4.80. The van der Waals surface area contributed by atoms with E-state index in [-0.39, 0.29) is 11.2 Å². The van der Waals surface area contributed by atoms with E-state index < -0.39 is 0 Å². The number of anilines is 1. The van der Waals surface area contributed by atoms with Gasteiger partial charge in [-0.1, -0.05) is 35.0 Å². The Labute approximate surface area is 141 Å². The first kappa shape index (κ1) is 15.6. The van der Waals surface area contributed by atoms with Crippen molar-refractivity contribution in [1.82, 2.24) is 20.2 Å². The van der Waals surface area contributed by atoms with Crippen LogP contribution in [0.2, 0.25) is 10.0 Å². The smallest absolute Gasteiger partial charge is 0.237 e. The molecule has 0 spiro atoms. The van der Waals surface area contributed by atoms with Gasteiger partial charge < -0.3 is 5.32 Å². The number of hydrogen-bond acceptors (Lipinski definition) is 5. The maximum absolute atomic E-state index is 12.3. The Balaban J connectivity index is 1.66. The number of rotatable bonds is 5. The number of benzene rings is 1. The third kappa shape index (κ3) is 3.53. The molecule has 1 unspecified atom stereocenters. The van der Waals surface area contributed by atoms with E-state index in [4.69, 9.17) is 23.2 Å². The number of tetrazole rings is 1. The Bertz CT molecular complexity index is 703. The van der Waals surface area contributed by atoms with E-state index >= 15 is 0 Å². The van der Waals surface area contributed by atoms with Crippen LogP contribution in [-0.2, 0) is 4.79 Å². The molecular formula is C13H13Cl2N5OS. The van der Waals surface area contributed by atoms with Crippen molar-refractivity contribution < 1.29 is 4.79 Å². The molecule has 22 heavy (non-hydrogen) atoms. The molecule has 3 rings (SSSR count). The maximum Gasteiger partial charge on any atom is 0.237 e. The van der Waals surface area contributed by atoms with Crippen LogP contribution in [0.15, 0.2) is 23.4 Å². The lowest BCUT2D eigenvalue weighted by atomic mass is 10.3. The monoisotopic (exact) mass is 357 g/mol. The van der Waals surface area contributed by atoms with Crippen molar-refractivity contribution in [3.05, 3.63) is 28.2 Å². The Morgan fingerprint density at radius 3 is 2.95 bits per heavy atom. The lowest BCUT2D eigenvalue weighted by Crippen LogP contribution is -2.23. The fourth-order valence-corrected chi connectivity index (χ4v) is 3.05. The Morgan fingerprint density at radius 1 is 1.45 bits per heavy atom. The molecule has 2 aromatic rings.